The summed E-state index contributed by atoms with van der Waals surface area (Å²) in [5.41, 5.74) is 5.28. The Morgan fingerprint density at radius 1 is 1.03 bits per heavy atom. The van der Waals surface area contributed by atoms with Crippen molar-refractivity contribution in [1.82, 2.24) is 15.3 Å². The lowest BCUT2D eigenvalue weighted by atomic mass is 9.94. The minimum Gasteiger partial charge on any atom is -0.475 e. The van der Waals surface area contributed by atoms with Crippen molar-refractivity contribution >= 4 is 5.91 Å². The van der Waals surface area contributed by atoms with Crippen LogP contribution in [-0.2, 0) is 12.6 Å². The van der Waals surface area contributed by atoms with E-state index >= 15 is 0 Å². The van der Waals surface area contributed by atoms with Crippen molar-refractivity contribution in [3.05, 3.63) is 77.6 Å². The zero-order valence-corrected chi connectivity index (χ0v) is 19.7. The number of aliphatic hydroxyl groups excluding tert-OH is 1. The molecule has 0 saturated carbocycles. The smallest absolute Gasteiger partial charge is 0.417 e. The van der Waals surface area contributed by atoms with Gasteiger partial charge in [-0.05, 0) is 50.1 Å². The second-order valence-corrected chi connectivity index (χ2v) is 8.78. The van der Waals surface area contributed by atoms with E-state index in [2.05, 4.69) is 15.3 Å². The van der Waals surface area contributed by atoms with Crippen LogP contribution in [0, 0.1) is 0 Å². The van der Waals surface area contributed by atoms with E-state index in [0.29, 0.717) is 29.8 Å². The van der Waals surface area contributed by atoms with Gasteiger partial charge in [0.15, 0.2) is 0 Å². The van der Waals surface area contributed by atoms with Gasteiger partial charge in [0.1, 0.15) is 18.5 Å². The largest absolute Gasteiger partial charge is 0.475 e. The number of hydrogen-bond donors (Lipinski definition) is 3. The van der Waals surface area contributed by atoms with Crippen molar-refractivity contribution in [3.63, 3.8) is 0 Å². The quantitative estimate of drug-likeness (QED) is 0.364. The number of ether oxygens (including phenoxy) is 2. The lowest BCUT2D eigenvalue weighted by Gasteiger charge is -2.28. The number of aromatic nitrogens is 2. The van der Waals surface area contributed by atoms with Gasteiger partial charge in [0.25, 0.3) is 0 Å². The zero-order valence-electron chi connectivity index (χ0n) is 19.7. The molecular formula is C25H27F3N4O4. The summed E-state index contributed by atoms with van der Waals surface area (Å²) in [5, 5.41) is 13.5. The van der Waals surface area contributed by atoms with E-state index < -0.39 is 23.8 Å². The van der Waals surface area contributed by atoms with Crippen LogP contribution in [0.4, 0.5) is 13.2 Å². The number of halogens is 3. The SMILES string of the molecule is CC(C)(Cc1ccc(Oc2ccc(C(N)=O)cn2)cc1)NC[C@@H](O)COc1ccc(C(F)(F)F)cn1. The van der Waals surface area contributed by atoms with E-state index in [9.17, 15) is 23.1 Å². The first-order chi connectivity index (χ1) is 16.9. The van der Waals surface area contributed by atoms with E-state index in [1.165, 1.54) is 12.3 Å². The molecule has 0 saturated heterocycles. The van der Waals surface area contributed by atoms with Crippen molar-refractivity contribution in [2.75, 3.05) is 13.2 Å². The molecule has 3 aromatic rings. The number of carbonyl (C=O) groups excluding carboxylic acids is 1. The summed E-state index contributed by atoms with van der Waals surface area (Å²) >= 11 is 0. The van der Waals surface area contributed by atoms with Crippen molar-refractivity contribution in [2.24, 2.45) is 5.73 Å². The number of benzene rings is 1. The predicted octanol–water partition coefficient (Wildman–Crippen LogP) is 3.74. The Balaban J connectivity index is 1.44. The summed E-state index contributed by atoms with van der Waals surface area (Å²) in [6.07, 6.45) is -2.68. The maximum atomic E-state index is 12.6. The maximum Gasteiger partial charge on any atom is 0.417 e. The summed E-state index contributed by atoms with van der Waals surface area (Å²) in [5.74, 6) is 0.346. The van der Waals surface area contributed by atoms with Gasteiger partial charge in [0.05, 0.1) is 11.1 Å². The number of nitrogens with two attached hydrogens (primary N) is 1. The van der Waals surface area contributed by atoms with Crippen molar-refractivity contribution in [3.8, 4) is 17.5 Å². The lowest BCUT2D eigenvalue weighted by Crippen LogP contribution is -2.46. The van der Waals surface area contributed by atoms with E-state index in [4.69, 9.17) is 15.2 Å². The second kappa shape index (κ2) is 11.4. The van der Waals surface area contributed by atoms with Crippen LogP contribution < -0.4 is 20.5 Å². The number of alkyl halides is 3. The highest BCUT2D eigenvalue weighted by atomic mass is 19.4. The van der Waals surface area contributed by atoms with Crippen LogP contribution in [0.1, 0.15) is 35.3 Å². The Kier molecular flexibility index (Phi) is 8.49. The minimum absolute atomic E-state index is 0.00244. The molecule has 11 heteroatoms. The number of carbonyl (C=O) groups is 1. The topological polar surface area (TPSA) is 120 Å². The Hall–Kier alpha value is -3.70. The van der Waals surface area contributed by atoms with Gasteiger partial charge in [0.2, 0.25) is 17.7 Å². The molecular weight excluding hydrogens is 477 g/mol. The Morgan fingerprint density at radius 2 is 1.69 bits per heavy atom. The third kappa shape index (κ3) is 8.21. The number of aliphatic hydroxyl groups is 1. The molecule has 0 aliphatic carbocycles. The van der Waals surface area contributed by atoms with Crippen LogP contribution in [0.15, 0.2) is 60.9 Å². The summed E-state index contributed by atoms with van der Waals surface area (Å²) in [7, 11) is 0. The third-order valence-electron chi connectivity index (χ3n) is 5.12. The molecule has 36 heavy (non-hydrogen) atoms. The normalized spacial score (nSPS) is 12.7. The van der Waals surface area contributed by atoms with Crippen molar-refractivity contribution in [1.29, 1.82) is 0 Å². The zero-order chi connectivity index (χ0) is 26.3. The molecule has 0 aliphatic heterocycles. The minimum atomic E-state index is -4.47. The molecule has 0 bridgehead atoms. The van der Waals surface area contributed by atoms with Crippen LogP contribution in [0.25, 0.3) is 0 Å². The van der Waals surface area contributed by atoms with Crippen LogP contribution in [-0.4, -0.2) is 45.8 Å². The Bertz CT molecular complexity index is 1140. The van der Waals surface area contributed by atoms with E-state index in [1.54, 1.807) is 18.2 Å². The van der Waals surface area contributed by atoms with E-state index in [0.717, 1.165) is 17.7 Å². The molecule has 1 atom stereocenters. The highest BCUT2D eigenvalue weighted by molar-refractivity contribution is 5.92. The van der Waals surface area contributed by atoms with E-state index in [-0.39, 0.29) is 24.6 Å². The van der Waals surface area contributed by atoms with Gasteiger partial charge in [-0.3, -0.25) is 4.79 Å². The molecule has 0 unspecified atom stereocenters. The average Bonchev–Trinajstić information content (AvgIpc) is 2.82. The van der Waals surface area contributed by atoms with Gasteiger partial charge in [-0.15, -0.1) is 0 Å². The fourth-order valence-electron chi connectivity index (χ4n) is 3.22. The van der Waals surface area contributed by atoms with Gasteiger partial charge < -0.3 is 25.6 Å². The summed E-state index contributed by atoms with van der Waals surface area (Å²) in [6, 6.07) is 12.5. The molecule has 0 aliphatic rings. The molecule has 3 rings (SSSR count). The number of hydrogen-bond acceptors (Lipinski definition) is 7. The van der Waals surface area contributed by atoms with Crippen LogP contribution in [0.2, 0.25) is 0 Å². The number of primary amides is 1. The molecule has 1 aromatic carbocycles. The fourth-order valence-corrected chi connectivity index (χ4v) is 3.22. The molecule has 4 N–H and O–H groups in total. The average molecular weight is 505 g/mol. The van der Waals surface area contributed by atoms with Gasteiger partial charge in [0, 0.05) is 36.6 Å². The summed E-state index contributed by atoms with van der Waals surface area (Å²) < 4.78 is 48.7. The van der Waals surface area contributed by atoms with Gasteiger partial charge in [-0.25, -0.2) is 9.97 Å². The predicted molar refractivity (Wildman–Crippen MR) is 126 cm³/mol. The number of nitrogens with zero attached hydrogens (tertiary/aromatic N) is 2. The molecule has 0 spiro atoms. The molecule has 192 valence electrons. The first kappa shape index (κ1) is 26.9. The first-order valence-electron chi connectivity index (χ1n) is 11.0. The van der Waals surface area contributed by atoms with Crippen LogP contribution in [0.3, 0.4) is 0 Å². The Labute approximate surface area is 206 Å². The molecule has 1 amide bonds. The van der Waals surface area contributed by atoms with Crippen molar-refractivity contribution < 1.29 is 32.5 Å². The second-order valence-electron chi connectivity index (χ2n) is 8.78. The highest BCUT2D eigenvalue weighted by Gasteiger charge is 2.30. The number of nitrogens with one attached hydrogen (secondary N) is 1. The number of amides is 1. The van der Waals surface area contributed by atoms with Gasteiger partial charge in [-0.1, -0.05) is 12.1 Å². The lowest BCUT2D eigenvalue weighted by molar-refractivity contribution is -0.137. The van der Waals surface area contributed by atoms with Crippen LogP contribution >= 0.6 is 0 Å². The van der Waals surface area contributed by atoms with Gasteiger partial charge in [-0.2, -0.15) is 13.2 Å². The monoisotopic (exact) mass is 504 g/mol. The number of β-amino-alcohol motifs (C(OH)–C–C–N with tert-alkyl or cyclic N) is 1. The molecule has 0 fully saturated rings. The summed E-state index contributed by atoms with van der Waals surface area (Å²) in [6.45, 7) is 4.04. The van der Waals surface area contributed by atoms with Crippen molar-refractivity contribution in [2.45, 2.75) is 38.1 Å². The number of rotatable bonds is 11. The highest BCUT2D eigenvalue weighted by Crippen LogP contribution is 2.29. The fraction of sp³-hybridized carbons (Fsp3) is 0.320. The first-order valence-corrected chi connectivity index (χ1v) is 11.0. The molecule has 0 radical (unpaired) electrons. The molecule has 8 nitrogen and oxygen atoms in total. The Morgan fingerprint density at radius 3 is 2.25 bits per heavy atom. The van der Waals surface area contributed by atoms with Gasteiger partial charge >= 0.3 is 6.18 Å². The van der Waals surface area contributed by atoms with E-state index in [1.807, 2.05) is 26.0 Å². The van der Waals surface area contributed by atoms with Crippen LogP contribution in [0.5, 0.6) is 17.5 Å². The number of pyridine rings is 2. The third-order valence-corrected chi connectivity index (χ3v) is 5.12. The standard InChI is InChI=1S/C25H27F3N4O4/c1-24(2,32-14-19(33)15-35-21-10-6-18(13-31-21)25(26,27)28)11-16-3-7-20(8-4-16)36-22-9-5-17(12-30-22)23(29)34/h3-10,12-13,19,32-33H,11,14-15H2,1-2H3,(H2,29,34)/t19-/m1/s1. The maximum absolute atomic E-state index is 12.6. The molecule has 2 aromatic heterocycles. The summed E-state index contributed by atoms with van der Waals surface area (Å²) in [4.78, 5) is 18.8. The molecule has 2 heterocycles.